The van der Waals surface area contributed by atoms with Crippen molar-refractivity contribution in [3.8, 4) is 17.2 Å². The van der Waals surface area contributed by atoms with E-state index >= 15 is 0 Å². The Morgan fingerprint density at radius 3 is 2.81 bits per heavy atom. The lowest BCUT2D eigenvalue weighted by molar-refractivity contribution is 0.102. The molecule has 0 spiro atoms. The van der Waals surface area contributed by atoms with Gasteiger partial charge in [0.2, 0.25) is 6.79 Å². The number of carbonyl (C=O) groups is 1. The summed E-state index contributed by atoms with van der Waals surface area (Å²) in [6.07, 6.45) is 1.58. The fraction of sp³-hybridized carbons (Fsp3) is 0.100. The molecule has 27 heavy (non-hydrogen) atoms. The van der Waals surface area contributed by atoms with Gasteiger partial charge in [-0.05, 0) is 36.4 Å². The number of ether oxygens (including phenoxy) is 3. The molecule has 2 heterocycles. The van der Waals surface area contributed by atoms with E-state index in [1.807, 2.05) is 30.3 Å². The molecular weight excluding hydrogens is 346 g/mol. The van der Waals surface area contributed by atoms with Crippen molar-refractivity contribution in [2.75, 3.05) is 24.5 Å². The lowest BCUT2D eigenvalue weighted by Crippen LogP contribution is -2.13. The second kappa shape index (κ2) is 7.25. The number of hydrogen-bond acceptors (Lipinski definition) is 6. The second-order valence-electron chi connectivity index (χ2n) is 5.78. The molecule has 136 valence electrons. The van der Waals surface area contributed by atoms with Crippen LogP contribution < -0.4 is 24.8 Å². The lowest BCUT2D eigenvalue weighted by Gasteiger charge is -2.11. The molecule has 0 atom stereocenters. The van der Waals surface area contributed by atoms with Crippen LogP contribution in [0.4, 0.5) is 17.2 Å². The summed E-state index contributed by atoms with van der Waals surface area (Å²) in [7, 11) is 1.56. The van der Waals surface area contributed by atoms with E-state index in [1.54, 1.807) is 37.6 Å². The van der Waals surface area contributed by atoms with Crippen LogP contribution in [0, 0.1) is 0 Å². The summed E-state index contributed by atoms with van der Waals surface area (Å²) in [5.74, 6) is 2.26. The van der Waals surface area contributed by atoms with E-state index in [4.69, 9.17) is 14.2 Å². The fourth-order valence-corrected chi connectivity index (χ4v) is 2.70. The number of carbonyl (C=O) groups excluding carboxylic acids is 1. The van der Waals surface area contributed by atoms with Gasteiger partial charge in [-0.15, -0.1) is 0 Å². The highest BCUT2D eigenvalue weighted by molar-refractivity contribution is 6.05. The van der Waals surface area contributed by atoms with Gasteiger partial charge in [-0.25, -0.2) is 4.98 Å². The van der Waals surface area contributed by atoms with Crippen molar-refractivity contribution in [1.29, 1.82) is 0 Å². The number of para-hydroxylation sites is 2. The van der Waals surface area contributed by atoms with Crippen molar-refractivity contribution in [3.63, 3.8) is 0 Å². The summed E-state index contributed by atoms with van der Waals surface area (Å²) in [4.78, 5) is 16.8. The molecule has 1 aliphatic heterocycles. The van der Waals surface area contributed by atoms with Crippen molar-refractivity contribution in [2.24, 2.45) is 0 Å². The molecule has 0 radical (unpaired) electrons. The number of benzene rings is 2. The molecule has 1 aliphatic rings. The van der Waals surface area contributed by atoms with Gasteiger partial charge in [0.05, 0.1) is 12.8 Å². The Hall–Kier alpha value is -3.74. The average Bonchev–Trinajstić information content (AvgIpc) is 3.16. The molecule has 2 aromatic carbocycles. The zero-order valence-electron chi connectivity index (χ0n) is 14.6. The first-order valence-corrected chi connectivity index (χ1v) is 8.30. The van der Waals surface area contributed by atoms with E-state index in [0.717, 1.165) is 5.69 Å². The van der Waals surface area contributed by atoms with Crippen molar-refractivity contribution < 1.29 is 19.0 Å². The van der Waals surface area contributed by atoms with Gasteiger partial charge in [0.25, 0.3) is 5.91 Å². The maximum absolute atomic E-state index is 12.6. The number of aromatic nitrogens is 1. The standard InChI is InChI=1S/C20H17N3O4/c1-25-16-5-3-2-4-15(16)23-20(24)13-8-9-21-19(10-13)22-14-6-7-17-18(11-14)27-12-26-17/h2-11H,12H2,1H3,(H,21,22)(H,23,24). The quantitative estimate of drug-likeness (QED) is 0.717. The minimum atomic E-state index is -0.254. The van der Waals surface area contributed by atoms with Crippen LogP contribution in [-0.4, -0.2) is 24.8 Å². The van der Waals surface area contributed by atoms with Crippen molar-refractivity contribution in [1.82, 2.24) is 4.98 Å². The Morgan fingerprint density at radius 2 is 1.93 bits per heavy atom. The lowest BCUT2D eigenvalue weighted by atomic mass is 10.2. The normalized spacial score (nSPS) is 11.7. The maximum Gasteiger partial charge on any atom is 0.255 e. The van der Waals surface area contributed by atoms with Crippen molar-refractivity contribution >= 4 is 23.1 Å². The van der Waals surface area contributed by atoms with Crippen LogP contribution in [0.25, 0.3) is 0 Å². The Morgan fingerprint density at radius 1 is 1.07 bits per heavy atom. The van der Waals surface area contributed by atoms with Crippen LogP contribution in [0.2, 0.25) is 0 Å². The molecule has 1 aromatic heterocycles. The predicted octanol–water partition coefficient (Wildman–Crippen LogP) is 3.81. The summed E-state index contributed by atoms with van der Waals surface area (Å²) < 4.78 is 15.9. The number of fused-ring (bicyclic) bond motifs is 1. The smallest absolute Gasteiger partial charge is 0.255 e. The molecular formula is C20H17N3O4. The second-order valence-corrected chi connectivity index (χ2v) is 5.78. The van der Waals surface area contributed by atoms with Crippen LogP contribution >= 0.6 is 0 Å². The number of rotatable bonds is 5. The van der Waals surface area contributed by atoms with Crippen LogP contribution in [-0.2, 0) is 0 Å². The maximum atomic E-state index is 12.6. The average molecular weight is 363 g/mol. The molecule has 2 N–H and O–H groups in total. The zero-order valence-corrected chi connectivity index (χ0v) is 14.6. The van der Waals surface area contributed by atoms with E-state index in [9.17, 15) is 4.79 Å². The van der Waals surface area contributed by atoms with E-state index in [1.165, 1.54) is 0 Å². The van der Waals surface area contributed by atoms with Gasteiger partial charge in [-0.1, -0.05) is 12.1 Å². The van der Waals surface area contributed by atoms with Gasteiger partial charge in [0.15, 0.2) is 11.5 Å². The van der Waals surface area contributed by atoms with Crippen LogP contribution in [0.1, 0.15) is 10.4 Å². The Balaban J connectivity index is 1.51. The minimum Gasteiger partial charge on any atom is -0.495 e. The molecule has 7 heteroatoms. The van der Waals surface area contributed by atoms with Crippen molar-refractivity contribution in [2.45, 2.75) is 0 Å². The molecule has 0 saturated heterocycles. The number of hydrogen-bond donors (Lipinski definition) is 2. The molecule has 0 saturated carbocycles. The number of pyridine rings is 1. The van der Waals surface area contributed by atoms with Crippen LogP contribution in [0.3, 0.4) is 0 Å². The largest absolute Gasteiger partial charge is 0.495 e. The van der Waals surface area contributed by atoms with Crippen molar-refractivity contribution in [3.05, 3.63) is 66.4 Å². The summed E-state index contributed by atoms with van der Waals surface area (Å²) in [6.45, 7) is 0.218. The van der Waals surface area contributed by atoms with Gasteiger partial charge in [0.1, 0.15) is 11.6 Å². The Bertz CT molecular complexity index is 990. The van der Waals surface area contributed by atoms with Gasteiger partial charge >= 0.3 is 0 Å². The minimum absolute atomic E-state index is 0.218. The molecule has 1 amide bonds. The summed E-state index contributed by atoms with van der Waals surface area (Å²) in [5.41, 5.74) is 1.86. The van der Waals surface area contributed by atoms with E-state index < -0.39 is 0 Å². The molecule has 0 aliphatic carbocycles. The van der Waals surface area contributed by atoms with E-state index in [2.05, 4.69) is 15.6 Å². The predicted molar refractivity (Wildman–Crippen MR) is 101 cm³/mol. The monoisotopic (exact) mass is 363 g/mol. The summed E-state index contributed by atoms with van der Waals surface area (Å²) in [6, 6.07) is 16.1. The highest BCUT2D eigenvalue weighted by atomic mass is 16.7. The highest BCUT2D eigenvalue weighted by Gasteiger charge is 2.14. The van der Waals surface area contributed by atoms with Gasteiger partial charge in [-0.3, -0.25) is 4.79 Å². The van der Waals surface area contributed by atoms with Crippen LogP contribution in [0.15, 0.2) is 60.8 Å². The van der Waals surface area contributed by atoms with Crippen LogP contribution in [0.5, 0.6) is 17.2 Å². The Labute approximate surface area is 155 Å². The summed E-state index contributed by atoms with van der Waals surface area (Å²) >= 11 is 0. The Kier molecular flexibility index (Phi) is 4.49. The number of amides is 1. The molecule has 3 aromatic rings. The van der Waals surface area contributed by atoms with E-state index in [-0.39, 0.29) is 12.7 Å². The number of nitrogens with one attached hydrogen (secondary N) is 2. The summed E-state index contributed by atoms with van der Waals surface area (Å²) in [5, 5.41) is 6.01. The third-order valence-electron chi connectivity index (χ3n) is 4.02. The SMILES string of the molecule is COc1ccccc1NC(=O)c1ccnc(Nc2ccc3c(c2)OCO3)c1. The first-order chi connectivity index (χ1) is 13.2. The number of anilines is 3. The van der Waals surface area contributed by atoms with Gasteiger partial charge in [0, 0.05) is 23.5 Å². The molecule has 0 fully saturated rings. The van der Waals surface area contributed by atoms with Gasteiger partial charge < -0.3 is 24.8 Å². The number of nitrogens with zero attached hydrogens (tertiary/aromatic N) is 1. The van der Waals surface area contributed by atoms with Gasteiger partial charge in [-0.2, -0.15) is 0 Å². The molecule has 0 unspecified atom stereocenters. The number of methoxy groups -OCH3 is 1. The fourth-order valence-electron chi connectivity index (χ4n) is 2.70. The molecule has 4 rings (SSSR count). The zero-order chi connectivity index (χ0) is 18.6. The first-order valence-electron chi connectivity index (χ1n) is 8.30. The third-order valence-corrected chi connectivity index (χ3v) is 4.02. The molecule has 7 nitrogen and oxygen atoms in total. The highest BCUT2D eigenvalue weighted by Crippen LogP contribution is 2.35. The van der Waals surface area contributed by atoms with E-state index in [0.29, 0.717) is 34.3 Å². The topological polar surface area (TPSA) is 81.7 Å². The molecule has 0 bridgehead atoms. The third kappa shape index (κ3) is 3.62. The first kappa shape index (κ1) is 16.7.